The Labute approximate surface area is 146 Å². The molecule has 7 heteroatoms. The number of likely N-dealkylation sites (N-methyl/N-ethyl adjacent to an activating group) is 1. The Morgan fingerprint density at radius 1 is 1.33 bits per heavy atom. The van der Waals surface area contributed by atoms with E-state index in [1.807, 2.05) is 0 Å². The highest BCUT2D eigenvalue weighted by Gasteiger charge is 2.25. The second-order valence-corrected chi connectivity index (χ2v) is 6.49. The molecule has 2 rings (SSSR count). The number of hydrogen-bond donors (Lipinski definition) is 0. The van der Waals surface area contributed by atoms with Gasteiger partial charge in [-0.3, -0.25) is 9.69 Å². The summed E-state index contributed by atoms with van der Waals surface area (Å²) in [7, 11) is 4.18. The van der Waals surface area contributed by atoms with E-state index in [-0.39, 0.29) is 12.4 Å². The van der Waals surface area contributed by atoms with Gasteiger partial charge in [0.2, 0.25) is 0 Å². The molecule has 0 N–H and O–H groups in total. The number of benzene rings is 1. The van der Waals surface area contributed by atoms with Crippen LogP contribution < -0.4 is 0 Å². The Hall–Kier alpha value is -0.0300. The zero-order valence-corrected chi connectivity index (χ0v) is 15.0. The molecule has 1 aromatic rings. The van der Waals surface area contributed by atoms with Gasteiger partial charge in [0.15, 0.2) is 0 Å². The summed E-state index contributed by atoms with van der Waals surface area (Å²) < 4.78 is 0. The van der Waals surface area contributed by atoms with Crippen LogP contribution in [0.2, 0.25) is 10.0 Å². The van der Waals surface area contributed by atoms with Crippen LogP contribution in [-0.4, -0.2) is 48.3 Å². The monoisotopic (exact) mass is 370 g/mol. The largest absolute Gasteiger partial charge is 0.305 e. The molecule has 0 aliphatic carbocycles. The van der Waals surface area contributed by atoms with Gasteiger partial charge in [0, 0.05) is 46.8 Å². The fourth-order valence-electron chi connectivity index (χ4n) is 2.47. The minimum atomic E-state index is -0.547. The maximum Gasteiger partial charge on any atom is 0.252 e. The molecule has 1 atom stereocenters. The molecule has 0 spiro atoms. The SMILES string of the molecule is CN(C)[C@H]1CCN(Cc2c(Cl)cc(C(=O)Cl)cc2Cl)C1.Cl. The second kappa shape index (κ2) is 8.00. The van der Waals surface area contributed by atoms with E-state index >= 15 is 0 Å². The van der Waals surface area contributed by atoms with E-state index in [2.05, 4.69) is 23.9 Å². The van der Waals surface area contributed by atoms with Crippen LogP contribution in [0.25, 0.3) is 0 Å². The van der Waals surface area contributed by atoms with Crippen molar-refractivity contribution in [2.45, 2.75) is 19.0 Å². The first kappa shape index (κ1) is 19.0. The topological polar surface area (TPSA) is 23.6 Å². The van der Waals surface area contributed by atoms with Gasteiger partial charge in [0.25, 0.3) is 5.24 Å². The number of hydrogen-bond acceptors (Lipinski definition) is 3. The van der Waals surface area contributed by atoms with Gasteiger partial charge >= 0.3 is 0 Å². The first-order valence-electron chi connectivity index (χ1n) is 6.45. The van der Waals surface area contributed by atoms with Crippen LogP contribution in [0.1, 0.15) is 22.3 Å². The van der Waals surface area contributed by atoms with E-state index in [4.69, 9.17) is 34.8 Å². The average Bonchev–Trinajstić information content (AvgIpc) is 2.82. The average molecular weight is 372 g/mol. The molecule has 0 amide bonds. The van der Waals surface area contributed by atoms with Gasteiger partial charge in [-0.05, 0) is 44.2 Å². The Kier molecular flexibility index (Phi) is 7.25. The molecule has 0 radical (unpaired) electrons. The first-order chi connectivity index (χ1) is 9.38. The molecule has 1 aliphatic rings. The summed E-state index contributed by atoms with van der Waals surface area (Å²) in [6.07, 6.45) is 1.14. The minimum Gasteiger partial charge on any atom is -0.305 e. The Balaban J connectivity index is 0.00000220. The van der Waals surface area contributed by atoms with Gasteiger partial charge in [-0.1, -0.05) is 23.2 Å². The van der Waals surface area contributed by atoms with Crippen molar-refractivity contribution in [2.75, 3.05) is 27.2 Å². The molecule has 1 aliphatic heterocycles. The third-order valence-electron chi connectivity index (χ3n) is 3.73. The number of nitrogens with zero attached hydrogens (tertiary/aromatic N) is 2. The molecule has 21 heavy (non-hydrogen) atoms. The Bertz CT molecular complexity index is 499. The predicted octanol–water partition coefficient (Wildman–Crippen LogP) is 3.93. The molecule has 1 saturated heterocycles. The number of rotatable bonds is 4. The maximum atomic E-state index is 11.2. The predicted molar refractivity (Wildman–Crippen MR) is 91.3 cm³/mol. The third kappa shape index (κ3) is 4.72. The third-order valence-corrected chi connectivity index (χ3v) is 4.62. The van der Waals surface area contributed by atoms with Crippen molar-refractivity contribution >= 4 is 52.5 Å². The molecule has 0 saturated carbocycles. The van der Waals surface area contributed by atoms with E-state index in [0.29, 0.717) is 28.2 Å². The van der Waals surface area contributed by atoms with Crippen molar-refractivity contribution in [1.29, 1.82) is 0 Å². The molecule has 118 valence electrons. The van der Waals surface area contributed by atoms with Gasteiger partial charge in [-0.25, -0.2) is 0 Å². The van der Waals surface area contributed by atoms with Crippen LogP contribution in [0.15, 0.2) is 12.1 Å². The Morgan fingerprint density at radius 2 is 1.90 bits per heavy atom. The summed E-state index contributed by atoms with van der Waals surface area (Å²) >= 11 is 17.9. The van der Waals surface area contributed by atoms with Gasteiger partial charge in [-0.2, -0.15) is 0 Å². The molecular weight excluding hydrogens is 354 g/mol. The summed E-state index contributed by atoms with van der Waals surface area (Å²) in [6, 6.07) is 3.73. The number of likely N-dealkylation sites (tertiary alicyclic amines) is 1. The molecule has 1 heterocycles. The van der Waals surface area contributed by atoms with Gasteiger partial charge in [0.05, 0.1) is 0 Å². The lowest BCUT2D eigenvalue weighted by Gasteiger charge is -2.21. The number of carbonyl (C=O) groups excluding carboxylic acids is 1. The lowest BCUT2D eigenvalue weighted by molar-refractivity contribution is 0.108. The van der Waals surface area contributed by atoms with Crippen LogP contribution >= 0.6 is 47.2 Å². The minimum absolute atomic E-state index is 0. The molecule has 0 aromatic heterocycles. The molecule has 3 nitrogen and oxygen atoms in total. The van der Waals surface area contributed by atoms with E-state index in [1.54, 1.807) is 12.1 Å². The fourth-order valence-corrected chi connectivity index (χ4v) is 3.18. The van der Waals surface area contributed by atoms with Crippen molar-refractivity contribution in [1.82, 2.24) is 9.80 Å². The first-order valence-corrected chi connectivity index (χ1v) is 7.58. The van der Waals surface area contributed by atoms with Crippen LogP contribution in [0.3, 0.4) is 0 Å². The normalized spacial score (nSPS) is 18.9. The summed E-state index contributed by atoms with van der Waals surface area (Å²) in [5, 5.41) is 0.443. The van der Waals surface area contributed by atoms with E-state index < -0.39 is 5.24 Å². The summed E-state index contributed by atoms with van der Waals surface area (Å²) in [5.41, 5.74) is 1.19. The lowest BCUT2D eigenvalue weighted by Crippen LogP contribution is -2.31. The van der Waals surface area contributed by atoms with Gasteiger partial charge in [0.1, 0.15) is 0 Å². The molecular formula is C14H18Cl4N2O. The highest BCUT2D eigenvalue weighted by atomic mass is 35.5. The zero-order chi connectivity index (χ0) is 14.9. The van der Waals surface area contributed by atoms with Crippen LogP contribution in [0.4, 0.5) is 0 Å². The maximum absolute atomic E-state index is 11.2. The summed E-state index contributed by atoms with van der Waals surface area (Å²) in [6.45, 7) is 2.71. The lowest BCUT2D eigenvalue weighted by atomic mass is 10.1. The second-order valence-electron chi connectivity index (χ2n) is 5.33. The molecule has 1 fully saturated rings. The van der Waals surface area contributed by atoms with Crippen LogP contribution in [-0.2, 0) is 6.54 Å². The summed E-state index contributed by atoms with van der Waals surface area (Å²) in [4.78, 5) is 15.7. The molecule has 0 bridgehead atoms. The molecule has 0 unspecified atom stereocenters. The number of carbonyl (C=O) groups is 1. The van der Waals surface area contributed by atoms with Crippen molar-refractivity contribution in [3.63, 3.8) is 0 Å². The van der Waals surface area contributed by atoms with Crippen LogP contribution in [0, 0.1) is 0 Å². The molecule has 1 aromatic carbocycles. The van der Waals surface area contributed by atoms with Gasteiger partial charge < -0.3 is 4.90 Å². The smallest absolute Gasteiger partial charge is 0.252 e. The van der Waals surface area contributed by atoms with E-state index in [0.717, 1.165) is 25.1 Å². The zero-order valence-electron chi connectivity index (χ0n) is 11.9. The quantitative estimate of drug-likeness (QED) is 0.749. The van der Waals surface area contributed by atoms with E-state index in [9.17, 15) is 4.79 Å². The van der Waals surface area contributed by atoms with Gasteiger partial charge in [-0.15, -0.1) is 12.4 Å². The van der Waals surface area contributed by atoms with Crippen molar-refractivity contribution in [2.24, 2.45) is 0 Å². The van der Waals surface area contributed by atoms with Crippen LogP contribution in [0.5, 0.6) is 0 Å². The summed E-state index contributed by atoms with van der Waals surface area (Å²) in [5.74, 6) is 0. The van der Waals surface area contributed by atoms with Crippen molar-refractivity contribution in [3.8, 4) is 0 Å². The van der Waals surface area contributed by atoms with E-state index in [1.165, 1.54) is 0 Å². The van der Waals surface area contributed by atoms with Crippen molar-refractivity contribution in [3.05, 3.63) is 33.3 Å². The Morgan fingerprint density at radius 3 is 2.33 bits per heavy atom. The fraction of sp³-hybridized carbons (Fsp3) is 0.500. The number of halogens is 4. The highest BCUT2D eigenvalue weighted by molar-refractivity contribution is 6.68. The standard InChI is InChI=1S/C14H17Cl3N2O.ClH/c1-18(2)10-3-4-19(7-10)8-11-12(15)5-9(14(17)20)6-13(11)16;/h5-6,10H,3-4,7-8H2,1-2H3;1H/t10-;/m0./s1. The highest BCUT2D eigenvalue weighted by Crippen LogP contribution is 2.30. The van der Waals surface area contributed by atoms with Crippen molar-refractivity contribution < 1.29 is 4.79 Å².